The van der Waals surface area contributed by atoms with Crippen LogP contribution in [0.15, 0.2) is 30.3 Å². The van der Waals surface area contributed by atoms with Gasteiger partial charge in [0.2, 0.25) is 0 Å². The molecule has 28 heavy (non-hydrogen) atoms. The summed E-state index contributed by atoms with van der Waals surface area (Å²) in [5, 5.41) is 9.27. The molecule has 1 N–H and O–H groups in total. The van der Waals surface area contributed by atoms with E-state index in [2.05, 4.69) is 30.3 Å². The molecule has 2 fully saturated rings. The number of carboxylic acids is 1. The van der Waals surface area contributed by atoms with Crippen molar-refractivity contribution < 1.29 is 14.6 Å². The van der Waals surface area contributed by atoms with Crippen molar-refractivity contribution in [3.05, 3.63) is 35.9 Å². The molecular weight excluding hydrogens is 364 g/mol. The van der Waals surface area contributed by atoms with E-state index in [4.69, 9.17) is 4.74 Å². The topological polar surface area (TPSA) is 46.5 Å². The first kappa shape index (κ1) is 21.6. The van der Waals surface area contributed by atoms with Crippen LogP contribution in [0.4, 0.5) is 0 Å². The average Bonchev–Trinajstić information content (AvgIpc) is 2.75. The maximum Gasteiger partial charge on any atom is 0.306 e. The number of ether oxygens (including phenoxy) is 1. The van der Waals surface area contributed by atoms with Gasteiger partial charge in [-0.1, -0.05) is 68.1 Å². The molecule has 0 atom stereocenters. The minimum absolute atomic E-state index is 0.0529. The van der Waals surface area contributed by atoms with Crippen molar-refractivity contribution in [3.8, 4) is 0 Å². The Balaban J connectivity index is 1.57. The van der Waals surface area contributed by atoms with E-state index in [9.17, 15) is 9.90 Å². The van der Waals surface area contributed by atoms with Crippen molar-refractivity contribution >= 4 is 14.8 Å². The van der Waals surface area contributed by atoms with E-state index in [0.29, 0.717) is 5.41 Å². The van der Waals surface area contributed by atoms with E-state index < -0.39 is 14.8 Å². The summed E-state index contributed by atoms with van der Waals surface area (Å²) in [7, 11) is 1.03. The number of carbonyl (C=O) groups is 1. The molecule has 156 valence electrons. The maximum atomic E-state index is 11.3. The van der Waals surface area contributed by atoms with Crippen LogP contribution >= 0.6 is 0 Å². The Hall–Kier alpha value is -1.13. The minimum Gasteiger partial charge on any atom is -0.481 e. The highest BCUT2D eigenvalue weighted by molar-refractivity contribution is 6.60. The van der Waals surface area contributed by atoms with Crippen LogP contribution in [0.2, 0.25) is 17.6 Å². The summed E-state index contributed by atoms with van der Waals surface area (Å²) in [6, 6.07) is 13.8. The van der Waals surface area contributed by atoms with Gasteiger partial charge < -0.3 is 9.84 Å². The van der Waals surface area contributed by atoms with Gasteiger partial charge in [0, 0.05) is 22.5 Å². The summed E-state index contributed by atoms with van der Waals surface area (Å²) in [5.41, 5.74) is 2.87. The molecule has 1 aliphatic carbocycles. The number of benzene rings is 1. The smallest absolute Gasteiger partial charge is 0.306 e. The summed E-state index contributed by atoms with van der Waals surface area (Å²) in [5.74, 6) is -0.615. The predicted molar refractivity (Wildman–Crippen MR) is 118 cm³/mol. The standard InChI is InChI=1S/C24H38O3Si/c1-27-17-7-3-6-14-24(21-8-4-2-5-9-21)15-10-22(11-16-24)28-18-12-20(13-19-28)23(25)26/h2,4-5,8-9,20,22,28H,3,6-7,10-19H2,1H3,(H,25,26). The Labute approximate surface area is 172 Å². The van der Waals surface area contributed by atoms with E-state index in [1.165, 1.54) is 63.5 Å². The number of methoxy groups -OCH3 is 1. The summed E-state index contributed by atoms with van der Waals surface area (Å²) in [4.78, 5) is 11.3. The first-order chi connectivity index (χ1) is 13.6. The zero-order valence-electron chi connectivity index (χ0n) is 17.6. The fourth-order valence-electron chi connectivity index (χ4n) is 5.86. The summed E-state index contributed by atoms with van der Waals surface area (Å²) in [6.45, 7) is 0.880. The molecule has 0 radical (unpaired) electrons. The number of hydrogen-bond donors (Lipinski definition) is 1. The second kappa shape index (κ2) is 10.6. The molecule has 0 amide bonds. The van der Waals surface area contributed by atoms with Crippen LogP contribution in [0.5, 0.6) is 0 Å². The second-order valence-corrected chi connectivity index (χ2v) is 12.9. The van der Waals surface area contributed by atoms with Gasteiger partial charge >= 0.3 is 5.97 Å². The molecule has 0 unspecified atom stereocenters. The van der Waals surface area contributed by atoms with Gasteiger partial charge in [-0.3, -0.25) is 4.79 Å². The van der Waals surface area contributed by atoms with Crippen molar-refractivity contribution in [2.24, 2.45) is 5.92 Å². The summed E-state index contributed by atoms with van der Waals surface area (Å²) >= 11 is 0. The molecule has 0 aromatic heterocycles. The monoisotopic (exact) mass is 402 g/mol. The van der Waals surface area contributed by atoms with E-state index in [0.717, 1.165) is 25.0 Å². The van der Waals surface area contributed by atoms with E-state index in [1.54, 1.807) is 12.7 Å². The van der Waals surface area contributed by atoms with Crippen LogP contribution in [0.1, 0.15) is 69.8 Å². The molecule has 1 aliphatic heterocycles. The minimum atomic E-state index is -0.762. The number of hydrogen-bond acceptors (Lipinski definition) is 2. The molecule has 4 heteroatoms. The first-order valence-corrected chi connectivity index (χ1v) is 13.7. The third kappa shape index (κ3) is 5.47. The Morgan fingerprint density at radius 2 is 1.75 bits per heavy atom. The van der Waals surface area contributed by atoms with Crippen LogP contribution in [0.3, 0.4) is 0 Å². The molecule has 1 heterocycles. The highest BCUT2D eigenvalue weighted by atomic mass is 28.3. The zero-order chi connectivity index (χ0) is 19.8. The fraction of sp³-hybridized carbons (Fsp3) is 0.708. The third-order valence-electron chi connectivity index (χ3n) is 7.67. The molecule has 2 aliphatic rings. The van der Waals surface area contributed by atoms with Crippen LogP contribution in [-0.4, -0.2) is 33.6 Å². The van der Waals surface area contributed by atoms with Gasteiger partial charge in [0.05, 0.1) is 5.92 Å². The second-order valence-electron chi connectivity index (χ2n) is 9.24. The van der Waals surface area contributed by atoms with Gasteiger partial charge in [-0.2, -0.15) is 0 Å². The summed E-state index contributed by atoms with van der Waals surface area (Å²) in [6.07, 6.45) is 12.4. The van der Waals surface area contributed by atoms with Crippen LogP contribution in [0.25, 0.3) is 0 Å². The van der Waals surface area contributed by atoms with Crippen molar-refractivity contribution in [3.63, 3.8) is 0 Å². The molecule has 3 rings (SSSR count). The van der Waals surface area contributed by atoms with Crippen LogP contribution in [0, 0.1) is 5.92 Å². The highest BCUT2D eigenvalue weighted by Gasteiger charge is 2.40. The van der Waals surface area contributed by atoms with Gasteiger partial charge in [-0.05, 0) is 55.0 Å². The van der Waals surface area contributed by atoms with Gasteiger partial charge in [0.25, 0.3) is 0 Å². The number of aliphatic carboxylic acids is 1. The Morgan fingerprint density at radius 1 is 1.07 bits per heavy atom. The number of carboxylic acid groups (broad SMARTS) is 1. The largest absolute Gasteiger partial charge is 0.481 e. The number of unbranched alkanes of at least 4 members (excludes halogenated alkanes) is 2. The molecule has 1 saturated heterocycles. The SMILES string of the molecule is COCCCCCC1(c2ccccc2)CCC([SiH]2CCC(C(=O)O)CC2)CC1. The van der Waals surface area contributed by atoms with Gasteiger partial charge in [0.15, 0.2) is 0 Å². The lowest BCUT2D eigenvalue weighted by Crippen LogP contribution is -2.36. The van der Waals surface area contributed by atoms with Crippen molar-refractivity contribution in [1.29, 1.82) is 0 Å². The lowest BCUT2D eigenvalue weighted by Gasteiger charge is -2.44. The Morgan fingerprint density at radius 3 is 2.36 bits per heavy atom. The predicted octanol–water partition coefficient (Wildman–Crippen LogP) is 5.80. The molecule has 1 aromatic carbocycles. The van der Waals surface area contributed by atoms with E-state index >= 15 is 0 Å². The third-order valence-corrected chi connectivity index (χ3v) is 11.8. The quantitative estimate of drug-likeness (QED) is 0.419. The number of rotatable bonds is 9. The van der Waals surface area contributed by atoms with Gasteiger partial charge in [-0.15, -0.1) is 0 Å². The van der Waals surface area contributed by atoms with E-state index in [1.807, 2.05) is 0 Å². The van der Waals surface area contributed by atoms with Gasteiger partial charge in [-0.25, -0.2) is 0 Å². The van der Waals surface area contributed by atoms with Gasteiger partial charge in [0.1, 0.15) is 0 Å². The Kier molecular flexibility index (Phi) is 8.16. The highest BCUT2D eigenvalue weighted by Crippen LogP contribution is 2.49. The van der Waals surface area contributed by atoms with Crippen molar-refractivity contribution in [2.75, 3.05) is 13.7 Å². The molecular formula is C24H38O3Si. The van der Waals surface area contributed by atoms with Crippen LogP contribution < -0.4 is 0 Å². The normalized spacial score (nSPS) is 30.8. The first-order valence-electron chi connectivity index (χ1n) is 11.4. The zero-order valence-corrected chi connectivity index (χ0v) is 18.7. The lowest BCUT2D eigenvalue weighted by atomic mass is 9.66. The molecule has 1 aromatic rings. The average molecular weight is 403 g/mol. The van der Waals surface area contributed by atoms with Crippen molar-refractivity contribution in [1.82, 2.24) is 0 Å². The lowest BCUT2D eigenvalue weighted by molar-refractivity contribution is -0.142. The molecule has 0 bridgehead atoms. The molecule has 1 saturated carbocycles. The van der Waals surface area contributed by atoms with Crippen molar-refractivity contribution in [2.45, 2.75) is 87.3 Å². The maximum absolute atomic E-state index is 11.3. The molecule has 3 nitrogen and oxygen atoms in total. The fourth-order valence-corrected chi connectivity index (χ4v) is 10.0. The Bertz CT molecular complexity index is 587. The summed E-state index contributed by atoms with van der Waals surface area (Å²) < 4.78 is 5.22. The van der Waals surface area contributed by atoms with Crippen LogP contribution in [-0.2, 0) is 14.9 Å². The van der Waals surface area contributed by atoms with E-state index in [-0.39, 0.29) is 5.92 Å². The molecule has 0 spiro atoms.